The molecule has 1 aromatic rings. The summed E-state index contributed by atoms with van der Waals surface area (Å²) in [4.78, 5) is 116. The predicted octanol–water partition coefficient (Wildman–Crippen LogP) is -4.22. The summed E-state index contributed by atoms with van der Waals surface area (Å²) in [5, 5.41) is 57.2. The molecule has 61 heavy (non-hydrogen) atoms. The van der Waals surface area contributed by atoms with E-state index < -0.39 is 133 Å². The highest BCUT2D eigenvalue weighted by Gasteiger charge is 2.36. The van der Waals surface area contributed by atoms with E-state index in [1.165, 1.54) is 13.8 Å². The van der Waals surface area contributed by atoms with Gasteiger partial charge in [-0.1, -0.05) is 64.4 Å². The molecule has 342 valence electrons. The number of nitrogens with two attached hydrogens (primary N) is 2. The molecule has 15 N–H and O–H groups in total. The van der Waals surface area contributed by atoms with Crippen molar-refractivity contribution in [3.05, 3.63) is 35.9 Å². The van der Waals surface area contributed by atoms with Gasteiger partial charge in [-0.05, 0) is 44.6 Å². The lowest BCUT2D eigenvalue weighted by molar-refractivity contribution is -0.144. The third kappa shape index (κ3) is 18.2. The first-order valence-corrected chi connectivity index (χ1v) is 19.8. The van der Waals surface area contributed by atoms with Crippen molar-refractivity contribution in [3.63, 3.8) is 0 Å². The molecule has 8 amide bonds. The van der Waals surface area contributed by atoms with E-state index in [4.69, 9.17) is 11.5 Å². The van der Waals surface area contributed by atoms with Gasteiger partial charge >= 0.3 is 5.97 Å². The topological polar surface area (TPSA) is 371 Å². The van der Waals surface area contributed by atoms with Crippen LogP contribution in [0.5, 0.6) is 0 Å². The molecule has 0 unspecified atom stereocenters. The maximum Gasteiger partial charge on any atom is 0.326 e. The number of primary amides is 1. The van der Waals surface area contributed by atoms with Crippen molar-refractivity contribution in [2.75, 3.05) is 6.61 Å². The maximum absolute atomic E-state index is 13.6. The highest BCUT2D eigenvalue weighted by molar-refractivity contribution is 5.98. The molecule has 0 aliphatic rings. The second-order valence-electron chi connectivity index (χ2n) is 15.4. The van der Waals surface area contributed by atoms with Crippen molar-refractivity contribution >= 4 is 53.2 Å². The smallest absolute Gasteiger partial charge is 0.326 e. The third-order valence-electron chi connectivity index (χ3n) is 9.48. The average molecular weight is 866 g/mol. The Labute approximate surface area is 354 Å². The molecule has 0 spiro atoms. The van der Waals surface area contributed by atoms with Crippen LogP contribution < -0.4 is 48.7 Å². The Hall–Kier alpha value is -5.71. The van der Waals surface area contributed by atoms with Crippen molar-refractivity contribution in [2.45, 2.75) is 135 Å². The number of amides is 8. The molecule has 0 saturated carbocycles. The van der Waals surface area contributed by atoms with Crippen LogP contribution in [0.4, 0.5) is 0 Å². The molecule has 1 aromatic carbocycles. The van der Waals surface area contributed by atoms with Crippen molar-refractivity contribution < 1.29 is 63.6 Å². The minimum Gasteiger partial charge on any atom is -0.480 e. The molecule has 22 nitrogen and oxygen atoms in total. The molecule has 0 radical (unpaired) electrons. The molecule has 0 fully saturated rings. The molecule has 1 rings (SSSR count). The van der Waals surface area contributed by atoms with Gasteiger partial charge in [-0.25, -0.2) is 4.79 Å². The number of hydrogen-bond donors (Lipinski definition) is 13. The van der Waals surface area contributed by atoms with E-state index in [1.807, 2.05) is 0 Å². The van der Waals surface area contributed by atoms with Gasteiger partial charge in [0.1, 0.15) is 42.3 Å². The van der Waals surface area contributed by atoms with E-state index in [0.29, 0.717) is 12.0 Å². The zero-order chi connectivity index (χ0) is 46.7. The minimum absolute atomic E-state index is 0.0502. The fourth-order valence-corrected chi connectivity index (χ4v) is 5.73. The van der Waals surface area contributed by atoms with Crippen LogP contribution in [0.2, 0.25) is 0 Å². The number of carboxylic acids is 1. The van der Waals surface area contributed by atoms with Crippen molar-refractivity contribution in [1.29, 1.82) is 0 Å². The number of benzene rings is 1. The number of carbonyl (C=O) groups is 9. The van der Waals surface area contributed by atoms with Gasteiger partial charge < -0.3 is 69.1 Å². The summed E-state index contributed by atoms with van der Waals surface area (Å²) in [6.45, 7) is 9.32. The zero-order valence-corrected chi connectivity index (χ0v) is 35.5. The fraction of sp³-hybridized carbons (Fsp3) is 0.615. The molecule has 0 heterocycles. The van der Waals surface area contributed by atoms with E-state index in [0.717, 1.165) is 6.92 Å². The third-order valence-corrected chi connectivity index (χ3v) is 9.48. The zero-order valence-electron chi connectivity index (χ0n) is 35.5. The lowest BCUT2D eigenvalue weighted by atomic mass is 9.98. The number of aliphatic hydroxyl groups is 3. The second kappa shape index (κ2) is 25.8. The van der Waals surface area contributed by atoms with Crippen LogP contribution in [0, 0.1) is 11.8 Å². The molecule has 0 bridgehead atoms. The van der Waals surface area contributed by atoms with Crippen molar-refractivity contribution in [2.24, 2.45) is 23.3 Å². The van der Waals surface area contributed by atoms with E-state index in [2.05, 4.69) is 37.2 Å². The van der Waals surface area contributed by atoms with Gasteiger partial charge in [0, 0.05) is 6.42 Å². The van der Waals surface area contributed by atoms with Crippen LogP contribution in [-0.4, -0.2) is 141 Å². The van der Waals surface area contributed by atoms with E-state index in [1.54, 1.807) is 58.0 Å². The van der Waals surface area contributed by atoms with E-state index in [-0.39, 0.29) is 18.8 Å². The van der Waals surface area contributed by atoms with E-state index in [9.17, 15) is 63.6 Å². The van der Waals surface area contributed by atoms with Gasteiger partial charge in [-0.3, -0.25) is 38.4 Å². The minimum atomic E-state index is -1.76. The summed E-state index contributed by atoms with van der Waals surface area (Å²) < 4.78 is 0. The molecular formula is C39H63N9O13. The number of rotatable bonds is 26. The highest BCUT2D eigenvalue weighted by atomic mass is 16.4. The van der Waals surface area contributed by atoms with Gasteiger partial charge in [-0.2, -0.15) is 0 Å². The molecular weight excluding hydrogens is 802 g/mol. The van der Waals surface area contributed by atoms with Crippen LogP contribution in [-0.2, 0) is 49.6 Å². The van der Waals surface area contributed by atoms with Crippen LogP contribution in [0.15, 0.2) is 30.3 Å². The quantitative estimate of drug-likeness (QED) is 0.0420. The summed E-state index contributed by atoms with van der Waals surface area (Å²) in [6.07, 6.45) is -3.38. The standard InChI is InChI=1S/C39H63N9O13/c1-8-19(4)29(39(60)61)46-35(56)26(15-23-12-10-9-11-13-23)44-38(59)31(22(7)51)48-36(57)27(17-49)45-34(55)25(14-18(2)3)43-37(58)30(21(6)50)47-32(53)20(5)42-33(54)24(40)16-28(41)52/h9-13,18-22,24-27,29-31,49-51H,8,14-17,40H2,1-7H3,(H2,41,52)(H,42,54)(H,43,58)(H,44,59)(H,45,55)(H,46,56)(H,47,53)(H,48,57)(H,60,61)/t19-,20-,21+,22+,24-,25-,26-,27-,29-,30-,31-/m0/s1. The molecule has 0 saturated heterocycles. The lowest BCUT2D eigenvalue weighted by Crippen LogP contribution is -2.63. The molecule has 0 aliphatic carbocycles. The SMILES string of the molecule is CC[C@H](C)[C@H](NC(=O)[C@H](Cc1ccccc1)NC(=O)[C@@H](NC(=O)[C@H](CO)NC(=O)[C@H](CC(C)C)NC(=O)[C@@H](NC(=O)[C@H](C)NC(=O)[C@@H](N)CC(N)=O)[C@@H](C)O)[C@@H](C)O)C(=O)O. The van der Waals surface area contributed by atoms with E-state index >= 15 is 0 Å². The Morgan fingerprint density at radius 3 is 1.52 bits per heavy atom. The first-order valence-electron chi connectivity index (χ1n) is 19.8. The van der Waals surface area contributed by atoms with Crippen molar-refractivity contribution in [1.82, 2.24) is 37.2 Å². The monoisotopic (exact) mass is 865 g/mol. The molecule has 11 atom stereocenters. The molecule has 0 aliphatic heterocycles. The van der Waals surface area contributed by atoms with Crippen LogP contribution >= 0.6 is 0 Å². The van der Waals surface area contributed by atoms with Gasteiger partial charge in [0.2, 0.25) is 47.3 Å². The first-order chi connectivity index (χ1) is 28.4. The first kappa shape index (κ1) is 53.3. The fourth-order valence-electron chi connectivity index (χ4n) is 5.73. The van der Waals surface area contributed by atoms with Gasteiger partial charge in [0.05, 0.1) is 31.3 Å². The van der Waals surface area contributed by atoms with Gasteiger partial charge in [-0.15, -0.1) is 0 Å². The Morgan fingerprint density at radius 2 is 1.07 bits per heavy atom. The number of carboxylic acid groups (broad SMARTS) is 1. The molecule has 0 aromatic heterocycles. The largest absolute Gasteiger partial charge is 0.480 e. The number of nitrogens with one attached hydrogen (secondary N) is 7. The second-order valence-corrected chi connectivity index (χ2v) is 15.4. The summed E-state index contributed by atoms with van der Waals surface area (Å²) in [5.74, 6) is -9.82. The van der Waals surface area contributed by atoms with Crippen LogP contribution in [0.1, 0.15) is 73.3 Å². The van der Waals surface area contributed by atoms with Gasteiger partial charge in [0.25, 0.3) is 0 Å². The number of aliphatic hydroxyl groups excluding tert-OH is 3. The summed E-state index contributed by atoms with van der Waals surface area (Å²) >= 11 is 0. The normalized spacial score (nSPS) is 16.6. The Bertz CT molecular complexity index is 1680. The summed E-state index contributed by atoms with van der Waals surface area (Å²) in [6, 6.07) is -3.51. The summed E-state index contributed by atoms with van der Waals surface area (Å²) in [5.41, 5.74) is 11.2. The Morgan fingerprint density at radius 1 is 0.607 bits per heavy atom. The molecule has 22 heteroatoms. The maximum atomic E-state index is 13.6. The summed E-state index contributed by atoms with van der Waals surface area (Å²) in [7, 11) is 0. The van der Waals surface area contributed by atoms with Gasteiger partial charge in [0.15, 0.2) is 0 Å². The number of aliphatic carboxylic acids is 1. The highest BCUT2D eigenvalue weighted by Crippen LogP contribution is 2.11. The Kier molecular flexibility index (Phi) is 22.6. The number of hydrogen-bond acceptors (Lipinski definition) is 13. The lowest BCUT2D eigenvalue weighted by Gasteiger charge is -2.29. The van der Waals surface area contributed by atoms with Crippen LogP contribution in [0.3, 0.4) is 0 Å². The van der Waals surface area contributed by atoms with Crippen molar-refractivity contribution in [3.8, 4) is 0 Å². The number of carbonyl (C=O) groups excluding carboxylic acids is 8. The average Bonchev–Trinajstić information content (AvgIpc) is 3.18. The predicted molar refractivity (Wildman–Crippen MR) is 218 cm³/mol. The van der Waals surface area contributed by atoms with Crippen LogP contribution in [0.25, 0.3) is 0 Å². The Balaban J connectivity index is 3.21.